The largest absolute Gasteiger partial charge is 0.444 e. The molecule has 1 N–H and O–H groups in total. The zero-order valence-electron chi connectivity index (χ0n) is 24.4. The van der Waals surface area contributed by atoms with Crippen LogP contribution in [-0.4, -0.2) is 67.2 Å². The Balaban J connectivity index is 1.24. The zero-order valence-corrected chi connectivity index (χ0v) is 24.4. The van der Waals surface area contributed by atoms with Gasteiger partial charge in [-0.3, -0.25) is 14.2 Å². The quantitative estimate of drug-likeness (QED) is 0.342. The van der Waals surface area contributed by atoms with Crippen molar-refractivity contribution in [3.8, 4) is 0 Å². The second-order valence-electron chi connectivity index (χ2n) is 12.3. The smallest absolute Gasteiger partial charge is 0.410 e. The number of fused-ring (bicyclic) bond motifs is 2. The van der Waals surface area contributed by atoms with E-state index in [4.69, 9.17) is 4.74 Å². The molecule has 2 fully saturated rings. The van der Waals surface area contributed by atoms with Gasteiger partial charge in [0.2, 0.25) is 0 Å². The highest BCUT2D eigenvalue weighted by atomic mass is 19.1. The van der Waals surface area contributed by atoms with E-state index >= 15 is 4.39 Å². The number of benzene rings is 2. The second-order valence-corrected chi connectivity index (χ2v) is 12.3. The van der Waals surface area contributed by atoms with Crippen molar-refractivity contribution in [3.05, 3.63) is 47.8 Å². The summed E-state index contributed by atoms with van der Waals surface area (Å²) in [4.78, 5) is 30.2. The van der Waals surface area contributed by atoms with Gasteiger partial charge in [0.25, 0.3) is 5.91 Å². The number of rotatable bonds is 5. The Labute approximate surface area is 242 Å². The third kappa shape index (κ3) is 5.37. The Morgan fingerprint density at radius 1 is 0.929 bits per heavy atom. The molecule has 1 saturated heterocycles. The Morgan fingerprint density at radius 3 is 2.24 bits per heavy atom. The van der Waals surface area contributed by atoms with Gasteiger partial charge in [-0.15, -0.1) is 0 Å². The lowest BCUT2D eigenvalue weighted by Gasteiger charge is -2.40. The molecule has 6 rings (SSSR count). The Hall–Kier alpha value is -4.22. The van der Waals surface area contributed by atoms with E-state index in [9.17, 15) is 14.0 Å². The van der Waals surface area contributed by atoms with Crippen LogP contribution >= 0.6 is 0 Å². The van der Waals surface area contributed by atoms with E-state index in [1.165, 1.54) is 16.8 Å². The van der Waals surface area contributed by atoms with E-state index in [1.54, 1.807) is 37.2 Å². The molecule has 222 valence electrons. The summed E-state index contributed by atoms with van der Waals surface area (Å²) in [6.45, 7) is 6.66. The Morgan fingerprint density at radius 2 is 1.57 bits per heavy atom. The number of nitrogens with one attached hydrogen (secondary N) is 1. The van der Waals surface area contributed by atoms with E-state index in [0.717, 1.165) is 12.8 Å². The molecular formula is C30H35F2N7O3. The van der Waals surface area contributed by atoms with Gasteiger partial charge in [-0.05, 0) is 64.7 Å². The highest BCUT2D eigenvalue weighted by molar-refractivity contribution is 6.14. The van der Waals surface area contributed by atoms with Crippen LogP contribution in [0.4, 0.5) is 25.0 Å². The molecule has 2 aliphatic rings. The van der Waals surface area contributed by atoms with Gasteiger partial charge in [-0.1, -0.05) is 0 Å². The monoisotopic (exact) mass is 579 g/mol. The van der Waals surface area contributed by atoms with E-state index in [-0.39, 0.29) is 34.9 Å². The van der Waals surface area contributed by atoms with Gasteiger partial charge >= 0.3 is 6.09 Å². The molecule has 2 amide bonds. The van der Waals surface area contributed by atoms with Crippen molar-refractivity contribution in [2.24, 2.45) is 14.1 Å². The number of amides is 2. The van der Waals surface area contributed by atoms with Crippen LogP contribution in [0.3, 0.4) is 0 Å². The van der Waals surface area contributed by atoms with Gasteiger partial charge in [0.05, 0.1) is 11.3 Å². The number of carbonyl (C=O) groups is 2. The average molecular weight is 580 g/mol. The molecule has 0 bridgehead atoms. The fourth-order valence-corrected chi connectivity index (χ4v) is 5.86. The lowest BCUT2D eigenvalue weighted by molar-refractivity contribution is 0.0113. The van der Waals surface area contributed by atoms with Crippen LogP contribution in [0.5, 0.6) is 0 Å². The first-order chi connectivity index (χ1) is 19.9. The normalized spacial score (nSPS) is 16.3. The van der Waals surface area contributed by atoms with Crippen LogP contribution < -0.4 is 10.2 Å². The maximum Gasteiger partial charge on any atom is 0.410 e. The first kappa shape index (κ1) is 27.9. The van der Waals surface area contributed by atoms with Gasteiger partial charge in [-0.25, -0.2) is 13.6 Å². The minimum atomic E-state index is -0.595. The number of piperidine rings is 1. The number of aromatic nitrogens is 4. The predicted molar refractivity (Wildman–Crippen MR) is 156 cm³/mol. The molecule has 1 aliphatic carbocycles. The van der Waals surface area contributed by atoms with Gasteiger partial charge < -0.3 is 19.9 Å². The van der Waals surface area contributed by atoms with Crippen LogP contribution in [0.1, 0.15) is 56.8 Å². The lowest BCUT2D eigenvalue weighted by Crippen LogP contribution is -2.50. The van der Waals surface area contributed by atoms with Crippen LogP contribution in [0.25, 0.3) is 21.8 Å². The molecule has 42 heavy (non-hydrogen) atoms. The second kappa shape index (κ2) is 10.2. The molecule has 10 nitrogen and oxygen atoms in total. The number of ether oxygens (including phenoxy) is 1. The third-order valence-corrected chi connectivity index (χ3v) is 7.73. The fraction of sp³-hybridized carbons (Fsp3) is 0.467. The number of nitrogens with zero attached hydrogens (tertiary/aromatic N) is 6. The third-order valence-electron chi connectivity index (χ3n) is 7.73. The van der Waals surface area contributed by atoms with Gasteiger partial charge in [-0.2, -0.15) is 10.2 Å². The molecule has 0 atom stereocenters. The summed E-state index contributed by atoms with van der Waals surface area (Å²) in [6, 6.07) is 4.22. The predicted octanol–water partition coefficient (Wildman–Crippen LogP) is 5.36. The van der Waals surface area contributed by atoms with Crippen molar-refractivity contribution in [1.29, 1.82) is 0 Å². The van der Waals surface area contributed by atoms with Gasteiger partial charge in [0.1, 0.15) is 22.5 Å². The Kier molecular flexibility index (Phi) is 6.81. The molecule has 2 aromatic carbocycles. The summed E-state index contributed by atoms with van der Waals surface area (Å²) in [5, 5.41) is 12.3. The maximum absolute atomic E-state index is 15.8. The molecular weight excluding hydrogens is 544 g/mol. The average Bonchev–Trinajstić information content (AvgIpc) is 3.53. The van der Waals surface area contributed by atoms with E-state index in [1.807, 2.05) is 30.6 Å². The summed E-state index contributed by atoms with van der Waals surface area (Å²) in [5.74, 6) is -1.70. The molecule has 0 spiro atoms. The number of halogens is 2. The van der Waals surface area contributed by atoms with Crippen LogP contribution in [-0.2, 0) is 18.8 Å². The minimum Gasteiger partial charge on any atom is -0.444 e. The van der Waals surface area contributed by atoms with Crippen LogP contribution in [0, 0.1) is 11.6 Å². The lowest BCUT2D eigenvalue weighted by atomic mass is 10.0. The molecule has 0 unspecified atom stereocenters. The number of anilines is 2. The molecule has 12 heteroatoms. The number of hydrogen-bond donors (Lipinski definition) is 1. The van der Waals surface area contributed by atoms with E-state index < -0.39 is 23.1 Å². The Bertz CT molecular complexity index is 1690. The zero-order chi connectivity index (χ0) is 29.9. The first-order valence-corrected chi connectivity index (χ1v) is 14.2. The SMILES string of the molecule is Cn1cc2cc(NC(=O)c3cc(F)c(N4CCC(N(C(=O)OC(C)(C)C)C5CC5)CC4)c4cn(C)nc34)cc(F)c2n1. The van der Waals surface area contributed by atoms with Gasteiger partial charge in [0, 0.05) is 68.1 Å². The minimum absolute atomic E-state index is 0.0126. The number of hydrogen-bond acceptors (Lipinski definition) is 6. The molecule has 0 radical (unpaired) electrons. The summed E-state index contributed by atoms with van der Waals surface area (Å²) in [7, 11) is 3.40. The number of carbonyl (C=O) groups excluding carboxylic acids is 2. The van der Waals surface area contributed by atoms with Crippen LogP contribution in [0.15, 0.2) is 30.6 Å². The van der Waals surface area contributed by atoms with E-state index in [0.29, 0.717) is 47.9 Å². The van der Waals surface area contributed by atoms with Crippen molar-refractivity contribution in [2.75, 3.05) is 23.3 Å². The summed E-state index contributed by atoms with van der Waals surface area (Å²) in [6.07, 6.45) is 6.34. The molecule has 4 aromatic rings. The van der Waals surface area contributed by atoms with Crippen LogP contribution in [0.2, 0.25) is 0 Å². The first-order valence-electron chi connectivity index (χ1n) is 14.2. The maximum atomic E-state index is 15.8. The molecule has 3 heterocycles. The number of aryl methyl sites for hydroxylation is 2. The van der Waals surface area contributed by atoms with Crippen molar-refractivity contribution < 1.29 is 23.1 Å². The molecule has 2 aromatic heterocycles. The summed E-state index contributed by atoms with van der Waals surface area (Å²) < 4.78 is 39.2. The highest BCUT2D eigenvalue weighted by Gasteiger charge is 2.41. The fourth-order valence-electron chi connectivity index (χ4n) is 5.86. The molecule has 1 saturated carbocycles. The highest BCUT2D eigenvalue weighted by Crippen LogP contribution is 2.37. The van der Waals surface area contributed by atoms with Crippen molar-refractivity contribution in [1.82, 2.24) is 24.5 Å². The summed E-state index contributed by atoms with van der Waals surface area (Å²) >= 11 is 0. The standard InChI is InChI=1S/C30H35F2N7O3/c1-30(2,3)42-29(41)39(19-6-7-19)20-8-10-38(11-9-20)27-22-16-37(5)35-26(22)21(14-24(27)32)28(40)33-18-12-17-15-36(4)34-25(17)23(31)13-18/h12-16,19-20H,6-11H2,1-5H3,(H,33,40). The summed E-state index contributed by atoms with van der Waals surface area (Å²) in [5.41, 5.74) is 0.648. The van der Waals surface area contributed by atoms with Crippen molar-refractivity contribution >= 4 is 45.2 Å². The van der Waals surface area contributed by atoms with Crippen molar-refractivity contribution in [2.45, 2.75) is 64.1 Å². The van der Waals surface area contributed by atoms with Crippen molar-refractivity contribution in [3.63, 3.8) is 0 Å². The topological polar surface area (TPSA) is 97.5 Å². The van der Waals surface area contributed by atoms with E-state index in [2.05, 4.69) is 15.5 Å². The van der Waals surface area contributed by atoms with Gasteiger partial charge in [0.15, 0.2) is 5.82 Å². The molecule has 1 aliphatic heterocycles.